The van der Waals surface area contributed by atoms with Crippen molar-refractivity contribution >= 4 is 11.9 Å². The first kappa shape index (κ1) is 17.1. The molecule has 3 amide bonds. The van der Waals surface area contributed by atoms with Crippen molar-refractivity contribution in [1.29, 1.82) is 0 Å². The highest BCUT2D eigenvalue weighted by atomic mass is 19.3. The van der Waals surface area contributed by atoms with Gasteiger partial charge in [-0.05, 0) is 31.7 Å². The lowest BCUT2D eigenvalue weighted by atomic mass is 10.1. The van der Waals surface area contributed by atoms with Gasteiger partial charge >= 0.3 is 12.6 Å². The molecule has 1 aliphatic heterocycles. The Balaban J connectivity index is 1.93. The van der Waals surface area contributed by atoms with Crippen LogP contribution in [0.5, 0.6) is 5.75 Å². The van der Waals surface area contributed by atoms with Gasteiger partial charge in [0.1, 0.15) is 5.75 Å². The summed E-state index contributed by atoms with van der Waals surface area (Å²) in [5, 5.41) is 2.59. The Bertz CT molecular complexity index is 566. The van der Waals surface area contributed by atoms with Gasteiger partial charge in [0.2, 0.25) is 5.91 Å². The first-order valence-corrected chi connectivity index (χ1v) is 7.21. The van der Waals surface area contributed by atoms with Crippen LogP contribution in [0, 0.1) is 0 Å². The van der Waals surface area contributed by atoms with E-state index in [2.05, 4.69) is 10.1 Å². The number of likely N-dealkylation sites (N-methyl/N-ethyl adjacent to an activating group) is 1. The van der Waals surface area contributed by atoms with Gasteiger partial charge in [0, 0.05) is 19.6 Å². The zero-order valence-electron chi connectivity index (χ0n) is 13.0. The predicted molar refractivity (Wildman–Crippen MR) is 79.1 cm³/mol. The molecule has 1 N–H and O–H groups in total. The number of hydrogen-bond donors (Lipinski definition) is 1. The zero-order chi connectivity index (χ0) is 17.0. The van der Waals surface area contributed by atoms with Crippen molar-refractivity contribution in [3.8, 4) is 5.75 Å². The zero-order valence-corrected chi connectivity index (χ0v) is 13.0. The number of hydrogen-bond acceptors (Lipinski definition) is 4. The highest BCUT2D eigenvalue weighted by molar-refractivity contribution is 5.98. The van der Waals surface area contributed by atoms with Crippen LogP contribution in [0.2, 0.25) is 0 Å². The smallest absolute Gasteiger partial charge is 0.387 e. The molecule has 1 aliphatic rings. The SMILES string of the molecule is C[C@@H](C(=O)N1CCNC1=O)N(C)Cc1ccc(OC(F)F)cc1. The van der Waals surface area contributed by atoms with Crippen LogP contribution in [0.4, 0.5) is 13.6 Å². The first-order valence-electron chi connectivity index (χ1n) is 7.21. The summed E-state index contributed by atoms with van der Waals surface area (Å²) < 4.78 is 28.5. The molecule has 8 heteroatoms. The number of ether oxygens (including phenoxy) is 1. The number of alkyl halides is 2. The van der Waals surface area contributed by atoms with Crippen LogP contribution in [0.3, 0.4) is 0 Å². The topological polar surface area (TPSA) is 61.9 Å². The molecule has 1 aromatic rings. The fraction of sp³-hybridized carbons (Fsp3) is 0.467. The molecule has 1 heterocycles. The third kappa shape index (κ3) is 4.38. The number of carbonyl (C=O) groups excluding carboxylic acids is 2. The second-order valence-electron chi connectivity index (χ2n) is 5.34. The van der Waals surface area contributed by atoms with Crippen LogP contribution in [-0.2, 0) is 11.3 Å². The summed E-state index contributed by atoms with van der Waals surface area (Å²) in [6, 6.07) is 5.38. The number of amides is 3. The number of urea groups is 1. The van der Waals surface area contributed by atoms with E-state index in [0.717, 1.165) is 5.56 Å². The maximum absolute atomic E-state index is 12.3. The van der Waals surface area contributed by atoms with Crippen LogP contribution in [-0.4, -0.2) is 54.5 Å². The molecular weight excluding hydrogens is 308 g/mol. The summed E-state index contributed by atoms with van der Waals surface area (Å²) in [4.78, 5) is 26.8. The quantitative estimate of drug-likeness (QED) is 0.863. The molecule has 0 aromatic heterocycles. The highest BCUT2D eigenvalue weighted by Gasteiger charge is 2.31. The molecule has 1 atom stereocenters. The minimum atomic E-state index is -2.85. The van der Waals surface area contributed by atoms with E-state index >= 15 is 0 Å². The molecule has 2 rings (SSSR count). The molecule has 0 saturated carbocycles. The van der Waals surface area contributed by atoms with Crippen molar-refractivity contribution in [2.24, 2.45) is 0 Å². The van der Waals surface area contributed by atoms with Gasteiger partial charge < -0.3 is 10.1 Å². The lowest BCUT2D eigenvalue weighted by Gasteiger charge is -2.26. The average Bonchev–Trinajstić information content (AvgIpc) is 2.93. The number of carbonyl (C=O) groups is 2. The van der Waals surface area contributed by atoms with E-state index in [9.17, 15) is 18.4 Å². The monoisotopic (exact) mass is 327 g/mol. The van der Waals surface area contributed by atoms with Gasteiger partial charge in [-0.3, -0.25) is 14.6 Å². The normalized spacial score (nSPS) is 15.9. The van der Waals surface area contributed by atoms with Crippen molar-refractivity contribution in [3.63, 3.8) is 0 Å². The summed E-state index contributed by atoms with van der Waals surface area (Å²) >= 11 is 0. The van der Waals surface area contributed by atoms with Gasteiger partial charge in [0.25, 0.3) is 0 Å². The third-order valence-electron chi connectivity index (χ3n) is 3.72. The van der Waals surface area contributed by atoms with Gasteiger partial charge in [-0.1, -0.05) is 12.1 Å². The fourth-order valence-electron chi connectivity index (χ4n) is 2.30. The van der Waals surface area contributed by atoms with Gasteiger partial charge in [0.15, 0.2) is 0 Å². The Labute approximate surface area is 133 Å². The summed E-state index contributed by atoms with van der Waals surface area (Å²) in [5.74, 6) is -0.176. The van der Waals surface area contributed by atoms with Crippen molar-refractivity contribution < 1.29 is 23.1 Å². The van der Waals surface area contributed by atoms with E-state index in [1.807, 2.05) is 0 Å². The van der Waals surface area contributed by atoms with Crippen LogP contribution < -0.4 is 10.1 Å². The standard InChI is InChI=1S/C15H19F2N3O3/c1-10(13(21)20-8-7-18-15(20)22)19(2)9-11-3-5-12(6-4-11)23-14(16)17/h3-6,10,14H,7-9H2,1-2H3,(H,18,22)/t10-/m0/s1. The maximum atomic E-state index is 12.3. The summed E-state index contributed by atoms with van der Waals surface area (Å²) in [5.41, 5.74) is 0.847. The van der Waals surface area contributed by atoms with E-state index in [4.69, 9.17) is 0 Å². The largest absolute Gasteiger partial charge is 0.435 e. The van der Waals surface area contributed by atoms with Crippen molar-refractivity contribution in [1.82, 2.24) is 15.1 Å². The molecule has 0 radical (unpaired) electrons. The second kappa shape index (κ2) is 7.36. The second-order valence-corrected chi connectivity index (χ2v) is 5.34. The summed E-state index contributed by atoms with van der Waals surface area (Å²) in [7, 11) is 1.76. The van der Waals surface area contributed by atoms with E-state index in [1.165, 1.54) is 17.0 Å². The molecule has 6 nitrogen and oxygen atoms in total. The van der Waals surface area contributed by atoms with Crippen molar-refractivity contribution in [2.75, 3.05) is 20.1 Å². The lowest BCUT2D eigenvalue weighted by molar-refractivity contribution is -0.132. The Hall–Kier alpha value is -2.22. The molecule has 126 valence electrons. The fourth-order valence-corrected chi connectivity index (χ4v) is 2.30. The number of rotatable bonds is 6. The third-order valence-corrected chi connectivity index (χ3v) is 3.72. The van der Waals surface area contributed by atoms with E-state index in [0.29, 0.717) is 19.6 Å². The van der Waals surface area contributed by atoms with Crippen LogP contribution in [0.25, 0.3) is 0 Å². The van der Waals surface area contributed by atoms with Crippen molar-refractivity contribution in [3.05, 3.63) is 29.8 Å². The Kier molecular flexibility index (Phi) is 5.49. The molecule has 0 aliphatic carbocycles. The molecule has 1 fully saturated rings. The molecule has 0 unspecified atom stereocenters. The number of nitrogens with one attached hydrogen (secondary N) is 1. The number of benzene rings is 1. The minimum absolute atomic E-state index is 0.0873. The van der Waals surface area contributed by atoms with Crippen LogP contribution >= 0.6 is 0 Å². The van der Waals surface area contributed by atoms with Gasteiger partial charge in [-0.25, -0.2) is 4.79 Å². The van der Waals surface area contributed by atoms with E-state index in [-0.39, 0.29) is 17.7 Å². The first-order chi connectivity index (χ1) is 10.9. The van der Waals surface area contributed by atoms with Gasteiger partial charge in [0.05, 0.1) is 6.04 Å². The van der Waals surface area contributed by atoms with E-state index in [1.54, 1.807) is 31.0 Å². The predicted octanol–water partition coefficient (Wildman–Crippen LogP) is 1.66. The molecule has 23 heavy (non-hydrogen) atoms. The Morgan fingerprint density at radius 1 is 1.39 bits per heavy atom. The van der Waals surface area contributed by atoms with Crippen LogP contribution in [0.1, 0.15) is 12.5 Å². The van der Waals surface area contributed by atoms with Crippen LogP contribution in [0.15, 0.2) is 24.3 Å². The molecule has 0 spiro atoms. The molecule has 1 aromatic carbocycles. The maximum Gasteiger partial charge on any atom is 0.387 e. The Morgan fingerprint density at radius 3 is 2.57 bits per heavy atom. The highest BCUT2D eigenvalue weighted by Crippen LogP contribution is 2.17. The molecule has 1 saturated heterocycles. The lowest BCUT2D eigenvalue weighted by Crippen LogP contribution is -2.46. The van der Waals surface area contributed by atoms with E-state index < -0.39 is 12.7 Å². The van der Waals surface area contributed by atoms with Gasteiger partial charge in [-0.15, -0.1) is 0 Å². The molecule has 0 bridgehead atoms. The average molecular weight is 327 g/mol. The Morgan fingerprint density at radius 2 is 2.04 bits per heavy atom. The van der Waals surface area contributed by atoms with Gasteiger partial charge in [-0.2, -0.15) is 8.78 Å². The summed E-state index contributed by atoms with van der Waals surface area (Å²) in [6.45, 7) is 0.148. The number of imide groups is 1. The molecular formula is C15H19F2N3O3. The number of halogens is 2. The number of nitrogens with zero attached hydrogens (tertiary/aromatic N) is 2. The van der Waals surface area contributed by atoms with Crippen molar-refractivity contribution in [2.45, 2.75) is 26.1 Å². The minimum Gasteiger partial charge on any atom is -0.435 e. The summed E-state index contributed by atoms with van der Waals surface area (Å²) in [6.07, 6.45) is 0.